The molecule has 8 rings (SSSR count). The highest BCUT2D eigenvalue weighted by molar-refractivity contribution is 9.10. The Kier molecular flexibility index (Phi) is 7.64. The van der Waals surface area contributed by atoms with E-state index in [2.05, 4.69) is 52.3 Å². The molecule has 45 heavy (non-hydrogen) atoms. The molecule has 5 aliphatic rings. The molecular formula is C32H37BrFN5O4SSi. The van der Waals surface area contributed by atoms with E-state index in [-0.39, 0.29) is 48.1 Å². The average Bonchev–Trinajstić information content (AvgIpc) is 3.36. The minimum atomic E-state index is -1.39. The maximum absolute atomic E-state index is 16.1. The fourth-order valence-corrected chi connectivity index (χ4v) is 9.68. The third-order valence-electron chi connectivity index (χ3n) is 10.3. The van der Waals surface area contributed by atoms with E-state index in [9.17, 15) is 20.0 Å². The summed E-state index contributed by atoms with van der Waals surface area (Å²) in [4.78, 5) is 34.2. The number of carbonyl (C=O) groups excluding carboxylic acids is 1. The van der Waals surface area contributed by atoms with E-state index in [0.717, 1.165) is 41.9 Å². The second-order valence-electron chi connectivity index (χ2n) is 14.2. The number of ether oxygens (including phenoxy) is 1. The number of amides is 2. The SMILES string of the molecule is CSc1nc2c(F)c(Br)c(CCC#N)cc2c2c1cc([C@H]1C[C@H]3C[C@H]3N1C(=O)OCC[Si](C)(C)C)n2[C@H]1[C@@H]2C[C@H]1N(C(=O)O)C2. The van der Waals surface area contributed by atoms with E-state index in [1.807, 2.05) is 17.2 Å². The smallest absolute Gasteiger partial charge is 0.410 e. The van der Waals surface area contributed by atoms with Crippen LogP contribution < -0.4 is 0 Å². The first-order valence-electron chi connectivity index (χ1n) is 15.6. The maximum atomic E-state index is 16.1. The van der Waals surface area contributed by atoms with Crippen LogP contribution in [0.15, 0.2) is 21.6 Å². The number of thioether (sulfide) groups is 1. The summed E-state index contributed by atoms with van der Waals surface area (Å²) in [5.74, 6) is 0.0544. The van der Waals surface area contributed by atoms with E-state index in [0.29, 0.717) is 45.9 Å². The van der Waals surface area contributed by atoms with Crippen molar-refractivity contribution in [3.05, 3.63) is 33.7 Å². The van der Waals surface area contributed by atoms with Gasteiger partial charge in [0, 0.05) is 49.5 Å². The van der Waals surface area contributed by atoms with Gasteiger partial charge in [-0.3, -0.25) is 4.90 Å². The molecular weight excluding hydrogens is 677 g/mol. The lowest BCUT2D eigenvalue weighted by molar-refractivity contribution is 0.0906. The highest BCUT2D eigenvalue weighted by atomic mass is 79.9. The first kappa shape index (κ1) is 30.8. The molecule has 1 aromatic carbocycles. The zero-order valence-corrected chi connectivity index (χ0v) is 29.3. The predicted molar refractivity (Wildman–Crippen MR) is 177 cm³/mol. The molecule has 0 unspecified atom stereocenters. The lowest BCUT2D eigenvalue weighted by atomic mass is 9.79. The van der Waals surface area contributed by atoms with Crippen LogP contribution in [0, 0.1) is 29.0 Å². The Morgan fingerprint density at radius 3 is 2.62 bits per heavy atom. The van der Waals surface area contributed by atoms with Crippen molar-refractivity contribution in [1.82, 2.24) is 19.4 Å². The van der Waals surface area contributed by atoms with Gasteiger partial charge in [0.1, 0.15) is 10.5 Å². The molecule has 13 heteroatoms. The Bertz CT molecular complexity index is 1790. The fraction of sp³-hybridized carbons (Fsp3) is 0.562. The second kappa shape index (κ2) is 11.2. The molecule has 5 fully saturated rings. The van der Waals surface area contributed by atoms with Crippen molar-refractivity contribution in [3.63, 3.8) is 0 Å². The van der Waals surface area contributed by atoms with Gasteiger partial charge in [0.25, 0.3) is 0 Å². The van der Waals surface area contributed by atoms with Gasteiger partial charge in [-0.05, 0) is 77.5 Å². The molecule has 3 aliphatic heterocycles. The van der Waals surface area contributed by atoms with Crippen LogP contribution in [0.25, 0.3) is 21.8 Å². The number of carbonyl (C=O) groups is 2. The molecule has 0 spiro atoms. The quantitative estimate of drug-likeness (QED) is 0.187. The zero-order valence-electron chi connectivity index (χ0n) is 25.8. The number of halogens is 2. The van der Waals surface area contributed by atoms with Gasteiger partial charge < -0.3 is 19.3 Å². The summed E-state index contributed by atoms with van der Waals surface area (Å²) in [6.07, 6.45) is 3.88. The molecule has 9 nitrogen and oxygen atoms in total. The number of benzene rings is 1. The number of nitrogens with zero attached hydrogens (tertiary/aromatic N) is 5. The molecule has 2 bridgehead atoms. The number of fused-ring (bicyclic) bond motifs is 5. The van der Waals surface area contributed by atoms with Crippen molar-refractivity contribution in [2.45, 2.75) is 87.0 Å². The third kappa shape index (κ3) is 5.02. The zero-order chi connectivity index (χ0) is 31.9. The summed E-state index contributed by atoms with van der Waals surface area (Å²) in [7, 11) is -1.39. The van der Waals surface area contributed by atoms with Crippen LogP contribution in [-0.2, 0) is 11.2 Å². The molecule has 2 aliphatic carbocycles. The van der Waals surface area contributed by atoms with Crippen LogP contribution in [0.1, 0.15) is 49.0 Å². The Morgan fingerprint density at radius 2 is 1.96 bits per heavy atom. The number of hydrogen-bond donors (Lipinski definition) is 1. The van der Waals surface area contributed by atoms with E-state index < -0.39 is 20.0 Å². The Hall–Kier alpha value is -2.82. The molecule has 1 N–H and O–H groups in total. The number of carboxylic acid groups (broad SMARTS) is 1. The van der Waals surface area contributed by atoms with Gasteiger partial charge in [-0.1, -0.05) is 19.6 Å². The van der Waals surface area contributed by atoms with Crippen molar-refractivity contribution >= 4 is 69.8 Å². The van der Waals surface area contributed by atoms with Gasteiger partial charge in [-0.25, -0.2) is 19.0 Å². The lowest BCUT2D eigenvalue weighted by Crippen LogP contribution is -2.43. The van der Waals surface area contributed by atoms with Gasteiger partial charge in [-0.2, -0.15) is 5.26 Å². The standard InChI is InChI=1S/C32H37BrFN5O4SSi/c1-44-30-20-14-23(22-12-17-11-21(17)38(22)32(42)43-8-9-45(2,3)4)39(28-18-13-24(28)37(15-18)31(40)41)29(20)19-10-16(6-5-7-35)25(33)26(34)27(19)36-30/h10,14,17-18,21-22,24,28H,5-6,8-9,11-13,15H2,1-4H3,(H,40,41)/t17-,18-,21-,22-,24-,28+/m1/s1. The highest BCUT2D eigenvalue weighted by Gasteiger charge is 2.59. The van der Waals surface area contributed by atoms with Crippen molar-refractivity contribution in [3.8, 4) is 6.07 Å². The van der Waals surface area contributed by atoms with E-state index >= 15 is 4.39 Å². The van der Waals surface area contributed by atoms with Crippen molar-refractivity contribution in [2.24, 2.45) is 11.8 Å². The average molecular weight is 715 g/mol. The van der Waals surface area contributed by atoms with E-state index in [1.165, 1.54) is 16.7 Å². The van der Waals surface area contributed by atoms with Crippen LogP contribution in [0.3, 0.4) is 0 Å². The molecule has 0 radical (unpaired) electrons. The van der Waals surface area contributed by atoms with Gasteiger partial charge in [0.2, 0.25) is 0 Å². The van der Waals surface area contributed by atoms with Gasteiger partial charge in [-0.15, -0.1) is 11.8 Å². The highest BCUT2D eigenvalue weighted by Crippen LogP contribution is 2.58. The monoisotopic (exact) mass is 713 g/mol. The number of rotatable bonds is 8. The number of likely N-dealkylation sites (tertiary alicyclic amines) is 1. The Balaban J connectivity index is 1.42. The number of aryl methyl sites for hydroxylation is 1. The molecule has 5 heterocycles. The molecule has 2 aromatic heterocycles. The van der Waals surface area contributed by atoms with Gasteiger partial charge in [0.15, 0.2) is 5.82 Å². The van der Waals surface area contributed by atoms with Crippen molar-refractivity contribution in [2.75, 3.05) is 19.4 Å². The summed E-state index contributed by atoms with van der Waals surface area (Å²) < 4.78 is 24.5. The molecule has 6 atom stereocenters. The van der Waals surface area contributed by atoms with Crippen LogP contribution in [0.5, 0.6) is 0 Å². The molecule has 3 saturated heterocycles. The maximum Gasteiger partial charge on any atom is 0.410 e. The fourth-order valence-electron chi connectivity index (χ4n) is 7.90. The molecule has 2 amide bonds. The summed E-state index contributed by atoms with van der Waals surface area (Å²) in [6, 6.07) is 6.67. The van der Waals surface area contributed by atoms with E-state index in [1.54, 1.807) is 0 Å². The number of pyridine rings is 1. The summed E-state index contributed by atoms with van der Waals surface area (Å²) >= 11 is 4.87. The van der Waals surface area contributed by atoms with Crippen molar-refractivity contribution < 1.29 is 23.8 Å². The van der Waals surface area contributed by atoms with Gasteiger partial charge >= 0.3 is 12.2 Å². The van der Waals surface area contributed by atoms with Crippen LogP contribution in [0.4, 0.5) is 14.0 Å². The summed E-state index contributed by atoms with van der Waals surface area (Å²) in [5, 5.41) is 21.5. The third-order valence-corrected chi connectivity index (χ3v) is 13.5. The van der Waals surface area contributed by atoms with Crippen LogP contribution >= 0.6 is 27.7 Å². The van der Waals surface area contributed by atoms with E-state index in [4.69, 9.17) is 9.72 Å². The minimum absolute atomic E-state index is 0.118. The van der Waals surface area contributed by atoms with Crippen molar-refractivity contribution in [1.29, 1.82) is 5.26 Å². The normalized spacial score (nSPS) is 26.7. The topological polar surface area (TPSA) is 112 Å². The summed E-state index contributed by atoms with van der Waals surface area (Å²) in [6.45, 7) is 7.64. The second-order valence-corrected chi connectivity index (χ2v) is 21.4. The Labute approximate surface area is 275 Å². The molecule has 2 saturated carbocycles. The first-order chi connectivity index (χ1) is 21.4. The first-order valence-corrected chi connectivity index (χ1v) is 21.4. The predicted octanol–water partition coefficient (Wildman–Crippen LogP) is 7.80. The largest absolute Gasteiger partial charge is 0.465 e. The minimum Gasteiger partial charge on any atom is -0.465 e. The van der Waals surface area contributed by atoms with Gasteiger partial charge in [0.05, 0.1) is 40.8 Å². The number of piperidine rings is 1. The number of nitriles is 1. The molecule has 3 aromatic rings. The Morgan fingerprint density at radius 1 is 1.20 bits per heavy atom. The lowest BCUT2D eigenvalue weighted by Gasteiger charge is -2.40. The number of hydrogen-bond acceptors (Lipinski definition) is 6. The van der Waals surface area contributed by atoms with Crippen LogP contribution in [-0.4, -0.2) is 76.2 Å². The molecule has 238 valence electrons. The summed E-state index contributed by atoms with van der Waals surface area (Å²) in [5.41, 5.74) is 2.69. The number of aromatic nitrogens is 2. The van der Waals surface area contributed by atoms with Crippen LogP contribution in [0.2, 0.25) is 25.7 Å².